The summed E-state index contributed by atoms with van der Waals surface area (Å²) < 4.78 is 6.62. The minimum absolute atomic E-state index is 0.0396. The maximum Gasteiger partial charge on any atom is 0.256 e. The zero-order valence-electron chi connectivity index (χ0n) is 21.1. The van der Waals surface area contributed by atoms with Crippen LogP contribution in [0.4, 0.5) is 11.4 Å². The fourth-order valence-corrected chi connectivity index (χ4v) is 3.87. The van der Waals surface area contributed by atoms with Crippen molar-refractivity contribution in [3.05, 3.63) is 118 Å². The Kier molecular flexibility index (Phi) is 11.0. The Bertz CT molecular complexity index is 1350. The third-order valence-electron chi connectivity index (χ3n) is 5.36. The van der Waals surface area contributed by atoms with Crippen LogP contribution in [0.25, 0.3) is 0 Å². The number of hydrogen-bond donors (Lipinski definition) is 2. The van der Waals surface area contributed by atoms with E-state index in [1.807, 2.05) is 79.7 Å². The smallest absolute Gasteiger partial charge is 0.256 e. The highest BCUT2D eigenvalue weighted by atomic mass is 79.9. The molecule has 0 saturated carbocycles. The Morgan fingerprint density at radius 1 is 0.921 bits per heavy atom. The number of thiocarbonyl (C=S) groups is 1. The molecule has 38 heavy (non-hydrogen) atoms. The van der Waals surface area contributed by atoms with Gasteiger partial charge >= 0.3 is 0 Å². The van der Waals surface area contributed by atoms with Crippen molar-refractivity contribution in [1.82, 2.24) is 4.90 Å². The molecule has 0 fully saturated rings. The van der Waals surface area contributed by atoms with E-state index in [9.17, 15) is 9.59 Å². The first-order valence-corrected chi connectivity index (χ1v) is 13.0. The van der Waals surface area contributed by atoms with Crippen molar-refractivity contribution >= 4 is 57.3 Å². The van der Waals surface area contributed by atoms with Crippen molar-refractivity contribution in [2.75, 3.05) is 17.7 Å². The van der Waals surface area contributed by atoms with E-state index in [-0.39, 0.29) is 5.91 Å². The van der Waals surface area contributed by atoms with Crippen LogP contribution in [0.15, 0.2) is 102 Å². The molecule has 4 rings (SSSR count). The van der Waals surface area contributed by atoms with Gasteiger partial charge in [-0.15, -0.1) is 0 Å². The third-order valence-corrected chi connectivity index (χ3v) is 6.00. The van der Waals surface area contributed by atoms with E-state index in [1.165, 1.54) is 5.49 Å². The van der Waals surface area contributed by atoms with Crippen LogP contribution < -0.4 is 15.4 Å². The van der Waals surface area contributed by atoms with Gasteiger partial charge in [0.2, 0.25) is 6.41 Å². The van der Waals surface area contributed by atoms with E-state index < -0.39 is 0 Å². The van der Waals surface area contributed by atoms with Gasteiger partial charge in [-0.25, -0.2) is 0 Å². The number of carbonyl (C=O) groups is 2. The molecule has 2 N–H and O–H groups in total. The van der Waals surface area contributed by atoms with Gasteiger partial charge in [0.15, 0.2) is 0 Å². The normalized spacial score (nSPS) is 9.87. The number of aryl methyl sites for hydroxylation is 1. The first-order chi connectivity index (χ1) is 18.4. The summed E-state index contributed by atoms with van der Waals surface area (Å²) in [6.45, 7) is 2.53. The number of rotatable bonds is 9. The average Bonchev–Trinajstić information content (AvgIpc) is 2.92. The van der Waals surface area contributed by atoms with Crippen molar-refractivity contribution in [2.45, 2.75) is 13.5 Å². The second-order valence-corrected chi connectivity index (χ2v) is 9.45. The standard InChI is InChI=1S/C17H17BrN2OS.C13H11NO2/c1-12-3-8-15(16(9-12)19-11-22)17(21)20(2)10-13-4-6-14(18)7-5-13;15-10-14-11-6-8-13(9-7-11)16-12-4-2-1-3-5-12/h3-9,11H,10H2,1-2H3,(H,19,22);1-10H,(H,14,15). The minimum Gasteiger partial charge on any atom is -0.457 e. The van der Waals surface area contributed by atoms with Gasteiger partial charge in [0.1, 0.15) is 11.5 Å². The highest BCUT2D eigenvalue weighted by molar-refractivity contribution is 9.10. The molecule has 194 valence electrons. The molecular weight excluding hydrogens is 562 g/mol. The van der Waals surface area contributed by atoms with Gasteiger partial charge in [-0.3, -0.25) is 9.59 Å². The number of anilines is 2. The number of benzene rings is 4. The minimum atomic E-state index is -0.0396. The molecule has 0 bridgehead atoms. The summed E-state index contributed by atoms with van der Waals surface area (Å²) in [5.74, 6) is 1.49. The molecule has 0 spiro atoms. The Morgan fingerprint density at radius 2 is 1.58 bits per heavy atom. The second kappa shape index (κ2) is 14.7. The van der Waals surface area contributed by atoms with Crippen LogP contribution in [0.1, 0.15) is 21.5 Å². The lowest BCUT2D eigenvalue weighted by molar-refractivity contribution is -0.105. The highest BCUT2D eigenvalue weighted by Gasteiger charge is 2.16. The number of amides is 2. The first kappa shape index (κ1) is 28.6. The molecule has 4 aromatic carbocycles. The van der Waals surface area contributed by atoms with Crippen molar-refractivity contribution in [2.24, 2.45) is 0 Å². The van der Waals surface area contributed by atoms with Crippen molar-refractivity contribution < 1.29 is 14.3 Å². The molecule has 0 aliphatic carbocycles. The van der Waals surface area contributed by atoms with Gasteiger partial charge < -0.3 is 20.3 Å². The predicted octanol–water partition coefficient (Wildman–Crippen LogP) is 7.45. The fourth-order valence-electron chi connectivity index (χ4n) is 3.48. The molecule has 0 radical (unpaired) electrons. The van der Waals surface area contributed by atoms with Gasteiger partial charge in [-0.2, -0.15) is 0 Å². The summed E-state index contributed by atoms with van der Waals surface area (Å²) in [6, 6.07) is 30.3. The summed E-state index contributed by atoms with van der Waals surface area (Å²) in [6.07, 6.45) is 0.646. The first-order valence-electron chi connectivity index (χ1n) is 11.7. The zero-order chi connectivity index (χ0) is 27.3. The maximum absolute atomic E-state index is 12.7. The molecule has 4 aromatic rings. The molecule has 0 atom stereocenters. The van der Waals surface area contributed by atoms with Crippen molar-refractivity contribution in [3.63, 3.8) is 0 Å². The predicted molar refractivity (Wildman–Crippen MR) is 161 cm³/mol. The summed E-state index contributed by atoms with van der Waals surface area (Å²) in [4.78, 5) is 24.6. The van der Waals surface area contributed by atoms with Gasteiger partial charge in [-0.1, -0.05) is 64.5 Å². The SMILES string of the molecule is Cc1ccc(C(=O)N(C)Cc2ccc(Br)cc2)c(NC=S)c1.O=CNc1ccc(Oc2ccccc2)cc1. The molecule has 0 aliphatic rings. The van der Waals surface area contributed by atoms with Crippen LogP contribution in [0.3, 0.4) is 0 Å². The monoisotopic (exact) mass is 589 g/mol. The van der Waals surface area contributed by atoms with Crippen molar-refractivity contribution in [3.8, 4) is 11.5 Å². The van der Waals surface area contributed by atoms with Crippen LogP contribution in [-0.2, 0) is 11.3 Å². The number of para-hydroxylation sites is 1. The van der Waals surface area contributed by atoms with E-state index in [2.05, 4.69) is 26.6 Å². The lowest BCUT2D eigenvalue weighted by Crippen LogP contribution is -2.27. The number of ether oxygens (including phenoxy) is 1. The number of carbonyl (C=O) groups excluding carboxylic acids is 2. The Morgan fingerprint density at radius 3 is 2.21 bits per heavy atom. The summed E-state index contributed by atoms with van der Waals surface area (Å²) in [5.41, 5.74) is 5.67. The van der Waals surface area contributed by atoms with Crippen LogP contribution in [-0.4, -0.2) is 29.8 Å². The molecule has 8 heteroatoms. The van der Waals surface area contributed by atoms with Crippen LogP contribution in [0.2, 0.25) is 0 Å². The quantitative estimate of drug-likeness (QED) is 0.157. The van der Waals surface area contributed by atoms with Gasteiger partial charge in [0.25, 0.3) is 5.91 Å². The Hall–Kier alpha value is -4.01. The largest absolute Gasteiger partial charge is 0.457 e. The third kappa shape index (κ3) is 8.83. The van der Waals surface area contributed by atoms with Gasteiger partial charge in [0.05, 0.1) is 16.7 Å². The zero-order valence-corrected chi connectivity index (χ0v) is 23.5. The summed E-state index contributed by atoms with van der Waals surface area (Å²) >= 11 is 8.25. The van der Waals surface area contributed by atoms with Crippen molar-refractivity contribution in [1.29, 1.82) is 0 Å². The molecule has 0 saturated heterocycles. The number of hydrogen-bond acceptors (Lipinski definition) is 4. The number of nitrogens with one attached hydrogen (secondary N) is 2. The van der Waals surface area contributed by atoms with Crippen LogP contribution in [0.5, 0.6) is 11.5 Å². The van der Waals surface area contributed by atoms with E-state index in [4.69, 9.17) is 17.0 Å². The van der Waals surface area contributed by atoms with Crippen LogP contribution in [0, 0.1) is 6.92 Å². The molecule has 2 amide bonds. The Labute approximate surface area is 236 Å². The van der Waals surface area contributed by atoms with Gasteiger partial charge in [0, 0.05) is 23.8 Å². The number of nitrogens with zero attached hydrogens (tertiary/aromatic N) is 1. The second-order valence-electron chi connectivity index (χ2n) is 8.30. The fraction of sp³-hybridized carbons (Fsp3) is 0.100. The topological polar surface area (TPSA) is 70.7 Å². The van der Waals surface area contributed by atoms with E-state index in [0.29, 0.717) is 18.5 Å². The van der Waals surface area contributed by atoms with Gasteiger partial charge in [-0.05, 0) is 78.7 Å². The molecule has 0 aromatic heterocycles. The molecule has 0 aliphatic heterocycles. The van der Waals surface area contributed by atoms with E-state index >= 15 is 0 Å². The lowest BCUT2D eigenvalue weighted by Gasteiger charge is -2.19. The highest BCUT2D eigenvalue weighted by Crippen LogP contribution is 2.22. The average molecular weight is 591 g/mol. The van der Waals surface area contributed by atoms with E-state index in [1.54, 1.807) is 36.2 Å². The number of halogens is 1. The molecular formula is C30H28BrN3O3S. The van der Waals surface area contributed by atoms with E-state index in [0.717, 1.165) is 38.5 Å². The summed E-state index contributed by atoms with van der Waals surface area (Å²) in [5, 5.41) is 5.52. The molecule has 0 unspecified atom stereocenters. The Balaban J connectivity index is 0.000000221. The molecule has 0 heterocycles. The molecule has 6 nitrogen and oxygen atoms in total. The van der Waals surface area contributed by atoms with Crippen LogP contribution >= 0.6 is 28.1 Å². The summed E-state index contributed by atoms with van der Waals surface area (Å²) in [7, 11) is 1.80. The maximum atomic E-state index is 12.7. The lowest BCUT2D eigenvalue weighted by atomic mass is 10.1.